The molecule has 4 nitrogen and oxygen atoms in total. The van der Waals surface area contributed by atoms with E-state index in [9.17, 15) is 4.79 Å². The number of hydrogen-bond donors (Lipinski definition) is 1. The minimum atomic E-state index is 0.135. The summed E-state index contributed by atoms with van der Waals surface area (Å²) in [4.78, 5) is 16.4. The number of allylic oxidation sites excluding steroid dienone is 2. The average Bonchev–Trinajstić information content (AvgIpc) is 3.25. The third kappa shape index (κ3) is 3.07. The van der Waals surface area contributed by atoms with Crippen LogP contribution in [0.15, 0.2) is 36.4 Å². The molecule has 1 N–H and O–H groups in total. The molecule has 2 bridgehead atoms. The molecule has 3 atom stereocenters. The van der Waals surface area contributed by atoms with Crippen LogP contribution in [-0.4, -0.2) is 50.6 Å². The van der Waals surface area contributed by atoms with Gasteiger partial charge in [-0.25, -0.2) is 0 Å². The number of piperazine rings is 1. The van der Waals surface area contributed by atoms with Crippen molar-refractivity contribution in [3.05, 3.63) is 42.0 Å². The first-order chi connectivity index (χ1) is 11.7. The van der Waals surface area contributed by atoms with Gasteiger partial charge in [-0.1, -0.05) is 18.2 Å². The molecular formula is C20H27N2O2+. The highest BCUT2D eigenvalue weighted by molar-refractivity contribution is 5.94. The number of rotatable bonds is 4. The number of carbonyl (C=O) groups excluding carboxylic acids is 1. The number of benzene rings is 1. The Morgan fingerprint density at radius 3 is 2.75 bits per heavy atom. The summed E-state index contributed by atoms with van der Waals surface area (Å²) in [5.41, 5.74) is 0.732. The van der Waals surface area contributed by atoms with Crippen molar-refractivity contribution in [2.75, 3.05) is 39.8 Å². The van der Waals surface area contributed by atoms with Crippen LogP contribution in [0.25, 0.3) is 0 Å². The van der Waals surface area contributed by atoms with E-state index < -0.39 is 0 Å². The van der Waals surface area contributed by atoms with E-state index >= 15 is 0 Å². The fourth-order valence-corrected chi connectivity index (χ4v) is 4.67. The summed E-state index contributed by atoms with van der Waals surface area (Å²) in [5, 5.41) is 0. The van der Waals surface area contributed by atoms with E-state index in [-0.39, 0.29) is 5.91 Å². The van der Waals surface area contributed by atoms with E-state index in [4.69, 9.17) is 4.74 Å². The standard InChI is InChI=1S/C20H26N2O2/c1-24-19-4-2-3-17(13-19)20(23)22-9-7-21(8-10-22)14-18-12-15-5-6-16(18)11-15/h2-6,13,15-16,18H,7-12,14H2,1H3/p+1/t15-,16-,18+/m0/s1. The second-order valence-corrected chi connectivity index (χ2v) is 7.52. The highest BCUT2D eigenvalue weighted by Crippen LogP contribution is 2.42. The van der Waals surface area contributed by atoms with Crippen LogP contribution in [0.1, 0.15) is 23.2 Å². The van der Waals surface area contributed by atoms with Gasteiger partial charge >= 0.3 is 0 Å². The Morgan fingerprint density at radius 2 is 2.08 bits per heavy atom. The normalized spacial score (nSPS) is 29.2. The maximum atomic E-state index is 12.7. The number of carbonyl (C=O) groups is 1. The number of fused-ring (bicyclic) bond motifs is 2. The molecule has 1 heterocycles. The molecule has 0 unspecified atom stereocenters. The Morgan fingerprint density at radius 1 is 1.25 bits per heavy atom. The first kappa shape index (κ1) is 15.7. The van der Waals surface area contributed by atoms with Crippen molar-refractivity contribution in [3.63, 3.8) is 0 Å². The monoisotopic (exact) mass is 327 g/mol. The zero-order valence-electron chi connectivity index (χ0n) is 14.4. The first-order valence-corrected chi connectivity index (χ1v) is 9.18. The highest BCUT2D eigenvalue weighted by Gasteiger charge is 2.38. The molecule has 24 heavy (non-hydrogen) atoms. The number of nitrogens with one attached hydrogen (secondary N) is 1. The summed E-state index contributed by atoms with van der Waals surface area (Å²) < 4.78 is 5.23. The smallest absolute Gasteiger partial charge is 0.254 e. The molecule has 1 amide bonds. The highest BCUT2D eigenvalue weighted by atomic mass is 16.5. The lowest BCUT2D eigenvalue weighted by Crippen LogP contribution is -3.15. The third-order valence-electron chi connectivity index (χ3n) is 6.04. The van der Waals surface area contributed by atoms with Gasteiger partial charge in [0.1, 0.15) is 5.75 Å². The van der Waals surface area contributed by atoms with Gasteiger partial charge in [0.25, 0.3) is 5.91 Å². The number of quaternary nitrogens is 1. The van der Waals surface area contributed by atoms with Gasteiger partial charge in [-0.05, 0) is 42.9 Å². The summed E-state index contributed by atoms with van der Waals surface area (Å²) in [6, 6.07) is 7.48. The molecule has 0 aromatic heterocycles. The largest absolute Gasteiger partial charge is 0.497 e. The Labute approximate surface area is 144 Å². The molecule has 1 saturated carbocycles. The molecular weight excluding hydrogens is 300 g/mol. The topological polar surface area (TPSA) is 34.0 Å². The number of nitrogens with zero attached hydrogens (tertiary/aromatic N) is 1. The zero-order chi connectivity index (χ0) is 16.5. The summed E-state index contributed by atoms with van der Waals surface area (Å²) in [5.74, 6) is 3.44. The van der Waals surface area contributed by atoms with E-state index in [1.165, 1.54) is 19.4 Å². The van der Waals surface area contributed by atoms with E-state index in [2.05, 4.69) is 12.2 Å². The predicted molar refractivity (Wildman–Crippen MR) is 93.3 cm³/mol. The lowest BCUT2D eigenvalue weighted by Gasteiger charge is -2.34. The fourth-order valence-electron chi connectivity index (χ4n) is 4.67. The predicted octanol–water partition coefficient (Wildman–Crippen LogP) is 1.25. The molecule has 3 aliphatic rings. The average molecular weight is 327 g/mol. The molecule has 1 aliphatic heterocycles. The van der Waals surface area contributed by atoms with Crippen LogP contribution in [0.3, 0.4) is 0 Å². The van der Waals surface area contributed by atoms with Gasteiger partial charge in [-0.3, -0.25) is 4.79 Å². The van der Waals surface area contributed by atoms with Crippen LogP contribution < -0.4 is 9.64 Å². The van der Waals surface area contributed by atoms with Gasteiger partial charge in [-0.15, -0.1) is 0 Å². The Kier molecular flexibility index (Phi) is 4.31. The Hall–Kier alpha value is -1.81. The lowest BCUT2D eigenvalue weighted by atomic mass is 9.93. The van der Waals surface area contributed by atoms with Crippen LogP contribution in [-0.2, 0) is 0 Å². The lowest BCUT2D eigenvalue weighted by molar-refractivity contribution is -0.907. The summed E-state index contributed by atoms with van der Waals surface area (Å²) >= 11 is 0. The van der Waals surface area contributed by atoms with Crippen LogP contribution in [0.5, 0.6) is 5.75 Å². The summed E-state index contributed by atoms with van der Waals surface area (Å²) in [7, 11) is 1.64. The second-order valence-electron chi connectivity index (χ2n) is 7.52. The van der Waals surface area contributed by atoms with Crippen LogP contribution in [0, 0.1) is 17.8 Å². The minimum Gasteiger partial charge on any atom is -0.497 e. The molecule has 1 saturated heterocycles. The Bertz CT molecular complexity index is 634. The zero-order valence-corrected chi connectivity index (χ0v) is 14.4. The van der Waals surface area contributed by atoms with Crippen molar-refractivity contribution in [2.24, 2.45) is 17.8 Å². The van der Waals surface area contributed by atoms with Gasteiger partial charge in [0, 0.05) is 11.5 Å². The number of hydrogen-bond acceptors (Lipinski definition) is 2. The van der Waals surface area contributed by atoms with Gasteiger partial charge in [-0.2, -0.15) is 0 Å². The minimum absolute atomic E-state index is 0.135. The van der Waals surface area contributed by atoms with Gasteiger partial charge in [0.05, 0.1) is 39.8 Å². The van der Waals surface area contributed by atoms with Crippen molar-refractivity contribution in [3.8, 4) is 5.75 Å². The maximum Gasteiger partial charge on any atom is 0.254 e. The molecule has 4 rings (SSSR count). The molecule has 0 spiro atoms. The molecule has 0 radical (unpaired) electrons. The quantitative estimate of drug-likeness (QED) is 0.845. The van der Waals surface area contributed by atoms with E-state index in [0.717, 1.165) is 55.2 Å². The molecule has 2 fully saturated rings. The van der Waals surface area contributed by atoms with Crippen LogP contribution >= 0.6 is 0 Å². The van der Waals surface area contributed by atoms with Crippen LogP contribution in [0.4, 0.5) is 0 Å². The van der Waals surface area contributed by atoms with Crippen molar-refractivity contribution >= 4 is 5.91 Å². The van der Waals surface area contributed by atoms with Crippen molar-refractivity contribution in [1.29, 1.82) is 0 Å². The Balaban J connectivity index is 1.31. The molecule has 2 aliphatic carbocycles. The fraction of sp³-hybridized carbons (Fsp3) is 0.550. The van der Waals surface area contributed by atoms with Crippen molar-refractivity contribution < 1.29 is 14.4 Å². The molecule has 128 valence electrons. The number of methoxy groups -OCH3 is 1. The van der Waals surface area contributed by atoms with Crippen LogP contribution in [0.2, 0.25) is 0 Å². The van der Waals surface area contributed by atoms with Gasteiger partial charge in [0.15, 0.2) is 0 Å². The third-order valence-corrected chi connectivity index (χ3v) is 6.04. The first-order valence-electron chi connectivity index (χ1n) is 9.18. The van der Waals surface area contributed by atoms with Crippen molar-refractivity contribution in [1.82, 2.24) is 4.90 Å². The SMILES string of the molecule is COc1cccc(C(=O)N2CC[NH+](C[C@H]3C[C@H]4C=C[C@H]3C4)CC2)c1. The molecule has 1 aromatic rings. The molecule has 4 heteroatoms. The van der Waals surface area contributed by atoms with Gasteiger partial charge < -0.3 is 14.5 Å². The molecule has 1 aromatic carbocycles. The van der Waals surface area contributed by atoms with E-state index in [1.54, 1.807) is 12.0 Å². The van der Waals surface area contributed by atoms with Crippen molar-refractivity contribution in [2.45, 2.75) is 12.8 Å². The maximum absolute atomic E-state index is 12.7. The number of amides is 1. The van der Waals surface area contributed by atoms with Gasteiger partial charge in [0.2, 0.25) is 0 Å². The summed E-state index contributed by atoms with van der Waals surface area (Å²) in [6.45, 7) is 5.16. The summed E-state index contributed by atoms with van der Waals surface area (Å²) in [6.07, 6.45) is 7.64. The number of ether oxygens (including phenoxy) is 1. The van der Waals surface area contributed by atoms with E-state index in [1.807, 2.05) is 29.2 Å². The second kappa shape index (κ2) is 6.60. The van der Waals surface area contributed by atoms with E-state index in [0.29, 0.717) is 0 Å².